The number of carbonyl (C=O) groups is 1. The van der Waals surface area contributed by atoms with Crippen molar-refractivity contribution in [2.75, 3.05) is 14.2 Å². The smallest absolute Gasteiger partial charge is 0.213 e. The third-order valence-electron chi connectivity index (χ3n) is 2.95. The number of ether oxygens (including phenoxy) is 2. The van der Waals surface area contributed by atoms with Gasteiger partial charge in [0.15, 0.2) is 6.29 Å². The Hall–Kier alpha value is -2.41. The quantitative estimate of drug-likeness (QED) is 0.689. The number of aldehydes is 1. The molecule has 0 amide bonds. The number of imidazole rings is 1. The van der Waals surface area contributed by atoms with E-state index in [1.54, 1.807) is 37.9 Å². The molecule has 0 aliphatic heterocycles. The Labute approximate surface area is 118 Å². The average molecular weight is 289 g/mol. The van der Waals surface area contributed by atoms with Crippen molar-refractivity contribution < 1.29 is 14.3 Å². The van der Waals surface area contributed by atoms with Crippen molar-refractivity contribution in [2.24, 2.45) is 0 Å². The molecule has 3 aromatic rings. The molecule has 0 spiro atoms. The summed E-state index contributed by atoms with van der Waals surface area (Å²) in [4.78, 5) is 16.5. The van der Waals surface area contributed by atoms with E-state index in [-0.39, 0.29) is 0 Å². The molecule has 20 heavy (non-hydrogen) atoms. The fourth-order valence-corrected chi connectivity index (χ4v) is 2.64. The van der Waals surface area contributed by atoms with E-state index < -0.39 is 0 Å². The van der Waals surface area contributed by atoms with Crippen LogP contribution in [-0.2, 0) is 0 Å². The number of nitrogens with zero attached hydrogens (tertiary/aromatic N) is 3. The zero-order valence-electron chi connectivity index (χ0n) is 10.9. The first-order chi connectivity index (χ1) is 9.78. The van der Waals surface area contributed by atoms with Crippen molar-refractivity contribution in [3.8, 4) is 22.8 Å². The molecule has 0 N–H and O–H groups in total. The normalized spacial score (nSPS) is 10.7. The fraction of sp³-hybridized carbons (Fsp3) is 0.154. The molecule has 3 rings (SSSR count). The van der Waals surface area contributed by atoms with Gasteiger partial charge in [0.05, 0.1) is 14.2 Å². The van der Waals surface area contributed by atoms with Crippen LogP contribution in [0.1, 0.15) is 10.5 Å². The van der Waals surface area contributed by atoms with Crippen molar-refractivity contribution >= 4 is 22.6 Å². The summed E-state index contributed by atoms with van der Waals surface area (Å²) in [5.41, 5.74) is 3.27. The molecule has 0 radical (unpaired) electrons. The van der Waals surface area contributed by atoms with E-state index in [1.807, 2.05) is 0 Å². The first-order valence-electron chi connectivity index (χ1n) is 5.78. The van der Waals surface area contributed by atoms with Gasteiger partial charge in [-0.2, -0.15) is 9.61 Å². The van der Waals surface area contributed by atoms with Gasteiger partial charge in [0.2, 0.25) is 4.96 Å². The number of benzene rings is 1. The van der Waals surface area contributed by atoms with Gasteiger partial charge in [-0.15, -0.1) is 0 Å². The van der Waals surface area contributed by atoms with E-state index in [1.165, 1.54) is 15.9 Å². The van der Waals surface area contributed by atoms with Crippen LogP contribution in [0.2, 0.25) is 0 Å². The predicted octanol–water partition coefficient (Wildman–Crippen LogP) is 2.29. The van der Waals surface area contributed by atoms with Gasteiger partial charge in [0, 0.05) is 5.56 Å². The maximum atomic E-state index is 11.4. The summed E-state index contributed by atoms with van der Waals surface area (Å²) in [6, 6.07) is 5.36. The lowest BCUT2D eigenvalue weighted by Gasteiger charge is -2.09. The lowest BCUT2D eigenvalue weighted by atomic mass is 10.1. The minimum absolute atomic E-state index is 0.396. The average Bonchev–Trinajstić information content (AvgIpc) is 3.06. The molecule has 0 unspecified atom stereocenters. The Morgan fingerprint density at radius 3 is 2.85 bits per heavy atom. The largest absolute Gasteiger partial charge is 0.497 e. The molecule has 0 aliphatic carbocycles. The number of hydrogen-bond donors (Lipinski definition) is 0. The van der Waals surface area contributed by atoms with Gasteiger partial charge < -0.3 is 9.47 Å². The minimum Gasteiger partial charge on any atom is -0.497 e. The standard InChI is InChI=1S/C13H11N3O3S/c1-18-8-3-4-11(19-2)9(5-8)12-10(6-17)16-13(15-12)20-7-14-16/h3-7H,1-2H3. The summed E-state index contributed by atoms with van der Waals surface area (Å²) in [6.07, 6.45) is 0.744. The second-order valence-corrected chi connectivity index (χ2v) is 4.77. The molecule has 0 saturated carbocycles. The van der Waals surface area contributed by atoms with E-state index in [2.05, 4.69) is 10.1 Å². The van der Waals surface area contributed by atoms with Crippen LogP contribution >= 0.6 is 11.3 Å². The van der Waals surface area contributed by atoms with Crippen LogP contribution in [-0.4, -0.2) is 35.1 Å². The first-order valence-corrected chi connectivity index (χ1v) is 6.66. The van der Waals surface area contributed by atoms with Crippen LogP contribution in [0, 0.1) is 0 Å². The molecule has 0 saturated heterocycles. The summed E-state index contributed by atoms with van der Waals surface area (Å²) in [5.74, 6) is 1.29. The van der Waals surface area contributed by atoms with E-state index in [0.717, 1.165) is 6.29 Å². The van der Waals surface area contributed by atoms with Gasteiger partial charge in [0.25, 0.3) is 0 Å². The summed E-state index contributed by atoms with van der Waals surface area (Å²) in [7, 11) is 3.15. The molecule has 0 atom stereocenters. The molecular formula is C13H11N3O3S. The Bertz CT molecular complexity index is 778. The van der Waals surface area contributed by atoms with Gasteiger partial charge in [0.1, 0.15) is 28.4 Å². The molecule has 1 aromatic carbocycles. The van der Waals surface area contributed by atoms with Gasteiger partial charge >= 0.3 is 0 Å². The number of aromatic nitrogens is 3. The fourth-order valence-electron chi connectivity index (χ4n) is 2.01. The highest BCUT2D eigenvalue weighted by atomic mass is 32.1. The number of methoxy groups -OCH3 is 2. The highest BCUT2D eigenvalue weighted by Crippen LogP contribution is 2.35. The monoisotopic (exact) mass is 289 g/mol. The van der Waals surface area contributed by atoms with Crippen molar-refractivity contribution in [1.82, 2.24) is 14.6 Å². The maximum absolute atomic E-state index is 11.4. The lowest BCUT2D eigenvalue weighted by Crippen LogP contribution is -1.95. The number of rotatable bonds is 4. The van der Waals surface area contributed by atoms with E-state index in [9.17, 15) is 4.79 Å². The van der Waals surface area contributed by atoms with Gasteiger partial charge in [-0.1, -0.05) is 11.3 Å². The van der Waals surface area contributed by atoms with Crippen LogP contribution in [0.5, 0.6) is 11.5 Å². The molecule has 2 aromatic heterocycles. The Morgan fingerprint density at radius 2 is 2.15 bits per heavy atom. The molecule has 0 bridgehead atoms. The second kappa shape index (κ2) is 4.93. The highest BCUT2D eigenvalue weighted by molar-refractivity contribution is 7.14. The number of hydrogen-bond acceptors (Lipinski definition) is 6. The van der Waals surface area contributed by atoms with Crippen LogP contribution in [0.4, 0.5) is 0 Å². The third kappa shape index (κ3) is 1.83. The van der Waals surface area contributed by atoms with Gasteiger partial charge in [-0.25, -0.2) is 4.98 Å². The van der Waals surface area contributed by atoms with Crippen LogP contribution < -0.4 is 9.47 Å². The van der Waals surface area contributed by atoms with Crippen molar-refractivity contribution in [3.63, 3.8) is 0 Å². The van der Waals surface area contributed by atoms with E-state index in [0.29, 0.717) is 33.4 Å². The topological polar surface area (TPSA) is 65.7 Å². The van der Waals surface area contributed by atoms with Crippen molar-refractivity contribution in [1.29, 1.82) is 0 Å². The van der Waals surface area contributed by atoms with Gasteiger partial charge in [-0.05, 0) is 18.2 Å². The van der Waals surface area contributed by atoms with Crippen LogP contribution in [0.3, 0.4) is 0 Å². The number of fused-ring (bicyclic) bond motifs is 1. The first kappa shape index (κ1) is 12.6. The predicted molar refractivity (Wildman–Crippen MR) is 74.8 cm³/mol. The molecule has 2 heterocycles. The zero-order chi connectivity index (χ0) is 14.1. The molecule has 7 heteroatoms. The van der Waals surface area contributed by atoms with Gasteiger partial charge in [-0.3, -0.25) is 4.79 Å². The summed E-state index contributed by atoms with van der Waals surface area (Å²) in [5, 5.41) is 4.10. The number of carbonyl (C=O) groups excluding carboxylic acids is 1. The van der Waals surface area contributed by atoms with Crippen LogP contribution in [0.15, 0.2) is 23.7 Å². The maximum Gasteiger partial charge on any atom is 0.213 e. The lowest BCUT2D eigenvalue weighted by molar-refractivity contribution is 0.111. The molecular weight excluding hydrogens is 278 g/mol. The molecule has 6 nitrogen and oxygen atoms in total. The molecule has 0 aliphatic rings. The molecule has 102 valence electrons. The zero-order valence-corrected chi connectivity index (χ0v) is 11.7. The van der Waals surface area contributed by atoms with Crippen LogP contribution in [0.25, 0.3) is 16.2 Å². The second-order valence-electron chi connectivity index (χ2n) is 3.96. The molecule has 0 fully saturated rings. The highest BCUT2D eigenvalue weighted by Gasteiger charge is 2.19. The Kier molecular flexibility index (Phi) is 3.11. The third-order valence-corrected chi connectivity index (χ3v) is 3.63. The Balaban J connectivity index is 2.28. The summed E-state index contributed by atoms with van der Waals surface area (Å²) < 4.78 is 12.1. The summed E-state index contributed by atoms with van der Waals surface area (Å²) in [6.45, 7) is 0. The summed E-state index contributed by atoms with van der Waals surface area (Å²) >= 11 is 1.37. The van der Waals surface area contributed by atoms with E-state index >= 15 is 0 Å². The van der Waals surface area contributed by atoms with Crippen molar-refractivity contribution in [2.45, 2.75) is 0 Å². The van der Waals surface area contributed by atoms with E-state index in [4.69, 9.17) is 9.47 Å². The minimum atomic E-state index is 0.396. The Morgan fingerprint density at radius 1 is 1.30 bits per heavy atom. The van der Waals surface area contributed by atoms with Crippen molar-refractivity contribution in [3.05, 3.63) is 29.4 Å². The SMILES string of the molecule is COc1ccc(OC)c(-c2nc3scnn3c2C=O)c1.